The molecule has 5 rings (SSSR count). The molecule has 0 saturated carbocycles. The Morgan fingerprint density at radius 3 is 2.17 bits per heavy atom. The van der Waals surface area contributed by atoms with Crippen LogP contribution >= 0.6 is 0 Å². The molecule has 5 nitrogen and oxygen atoms in total. The summed E-state index contributed by atoms with van der Waals surface area (Å²) < 4.78 is 0. The normalized spacial score (nSPS) is 11.4. The zero-order valence-electron chi connectivity index (χ0n) is 22.5. The molecule has 0 aromatic heterocycles. The van der Waals surface area contributed by atoms with Crippen molar-refractivity contribution in [1.29, 1.82) is 0 Å². The Balaban J connectivity index is 1.31. The van der Waals surface area contributed by atoms with Crippen molar-refractivity contribution >= 4 is 46.2 Å². The lowest BCUT2D eigenvalue weighted by atomic mass is 10.0. The number of benzene rings is 5. The van der Waals surface area contributed by atoms with Gasteiger partial charge in [-0.1, -0.05) is 96.6 Å². The van der Waals surface area contributed by atoms with E-state index in [-0.39, 0.29) is 11.5 Å². The molecule has 41 heavy (non-hydrogen) atoms. The lowest BCUT2D eigenvalue weighted by molar-refractivity contribution is -0.113. The van der Waals surface area contributed by atoms with Crippen LogP contribution in [0.3, 0.4) is 0 Å². The molecule has 2 N–H and O–H groups in total. The topological polar surface area (TPSA) is 75.3 Å². The molecule has 0 aliphatic rings. The lowest BCUT2D eigenvalue weighted by Crippen LogP contribution is -2.30. The first-order valence-electron chi connectivity index (χ1n) is 13.2. The van der Waals surface area contributed by atoms with Crippen molar-refractivity contribution in [2.24, 2.45) is 0 Å². The van der Waals surface area contributed by atoms with Gasteiger partial charge in [-0.05, 0) is 77.4 Å². The van der Waals surface area contributed by atoms with Crippen molar-refractivity contribution in [3.8, 4) is 0 Å². The minimum Gasteiger partial charge on any atom is -0.321 e. The molecule has 0 heterocycles. The van der Waals surface area contributed by atoms with Gasteiger partial charge in [-0.25, -0.2) is 0 Å². The van der Waals surface area contributed by atoms with Gasteiger partial charge in [-0.3, -0.25) is 14.4 Å². The van der Waals surface area contributed by atoms with Crippen LogP contribution in [-0.4, -0.2) is 17.6 Å². The van der Waals surface area contributed by atoms with E-state index in [1.165, 1.54) is 0 Å². The molecule has 2 amide bonds. The van der Waals surface area contributed by atoms with E-state index in [4.69, 9.17) is 0 Å². The van der Waals surface area contributed by atoms with Gasteiger partial charge in [0.05, 0.1) is 0 Å². The quantitative estimate of drug-likeness (QED) is 0.160. The SMILES string of the molecule is Cc1cccc(/C=C(\NC(=O)c2ccccc2)C(=O)Nc2ccc(C(=O)/C=C/c3cccc4ccccc34)cc2)c1. The summed E-state index contributed by atoms with van der Waals surface area (Å²) in [4.78, 5) is 39.0. The third-order valence-electron chi connectivity index (χ3n) is 6.55. The number of hydrogen-bond acceptors (Lipinski definition) is 3. The molecule has 0 aliphatic carbocycles. The van der Waals surface area contributed by atoms with Crippen molar-refractivity contribution in [1.82, 2.24) is 5.32 Å². The largest absolute Gasteiger partial charge is 0.321 e. The van der Waals surface area contributed by atoms with Crippen LogP contribution in [0.2, 0.25) is 0 Å². The number of rotatable bonds is 8. The minimum atomic E-state index is -0.481. The highest BCUT2D eigenvalue weighted by atomic mass is 16.2. The molecule has 0 spiro atoms. The van der Waals surface area contributed by atoms with Crippen LogP contribution in [0, 0.1) is 6.92 Å². The molecular weight excluding hydrogens is 508 g/mol. The number of anilines is 1. The van der Waals surface area contributed by atoms with E-state index in [0.29, 0.717) is 16.8 Å². The van der Waals surface area contributed by atoms with Crippen molar-refractivity contribution in [2.75, 3.05) is 5.32 Å². The second-order valence-corrected chi connectivity index (χ2v) is 9.59. The monoisotopic (exact) mass is 536 g/mol. The van der Waals surface area contributed by atoms with Crippen molar-refractivity contribution in [3.05, 3.63) is 161 Å². The summed E-state index contributed by atoms with van der Waals surface area (Å²) in [6, 6.07) is 37.0. The Kier molecular flexibility index (Phi) is 8.27. The van der Waals surface area contributed by atoms with Gasteiger partial charge in [0.15, 0.2) is 5.78 Å². The molecule has 5 heteroatoms. The first kappa shape index (κ1) is 27.0. The van der Waals surface area contributed by atoms with Gasteiger partial charge in [-0.2, -0.15) is 0 Å². The van der Waals surface area contributed by atoms with Crippen molar-refractivity contribution in [3.63, 3.8) is 0 Å². The van der Waals surface area contributed by atoms with Gasteiger partial charge in [0.25, 0.3) is 11.8 Å². The van der Waals surface area contributed by atoms with Crippen LogP contribution in [0.4, 0.5) is 5.69 Å². The highest BCUT2D eigenvalue weighted by Gasteiger charge is 2.15. The van der Waals surface area contributed by atoms with Crippen LogP contribution in [0.1, 0.15) is 37.4 Å². The molecule has 200 valence electrons. The summed E-state index contributed by atoms with van der Waals surface area (Å²) in [6.07, 6.45) is 5.01. The number of carbonyl (C=O) groups is 3. The van der Waals surface area contributed by atoms with Gasteiger partial charge in [0, 0.05) is 16.8 Å². The van der Waals surface area contributed by atoms with Crippen LogP contribution in [0.25, 0.3) is 22.9 Å². The molecular formula is C36H28N2O3. The standard InChI is InChI=1S/C36H28N2O3/c1-25-9-7-10-26(23-25)24-33(38-35(40)30-12-3-2-4-13-30)36(41)37-31-20-17-29(18-21-31)34(39)22-19-28-15-8-14-27-11-5-6-16-32(27)28/h2-24H,1H3,(H,37,41)(H,38,40)/b22-19+,33-24-. The van der Waals surface area contributed by atoms with E-state index in [1.54, 1.807) is 60.7 Å². The van der Waals surface area contributed by atoms with Gasteiger partial charge >= 0.3 is 0 Å². The Labute approximate surface area is 238 Å². The minimum absolute atomic E-state index is 0.0997. The molecule has 0 aliphatic heterocycles. The fourth-order valence-electron chi connectivity index (χ4n) is 4.44. The average molecular weight is 537 g/mol. The average Bonchev–Trinajstić information content (AvgIpc) is 3.00. The van der Waals surface area contributed by atoms with Crippen LogP contribution in [0.5, 0.6) is 0 Å². The Bertz CT molecular complexity index is 1780. The van der Waals surface area contributed by atoms with Crippen molar-refractivity contribution < 1.29 is 14.4 Å². The number of allylic oxidation sites excluding steroid dienone is 1. The fourth-order valence-corrected chi connectivity index (χ4v) is 4.44. The summed E-state index contributed by atoms with van der Waals surface area (Å²) in [5, 5.41) is 7.75. The molecule has 5 aromatic carbocycles. The highest BCUT2D eigenvalue weighted by Crippen LogP contribution is 2.20. The smallest absolute Gasteiger partial charge is 0.272 e. The fraction of sp³-hybridized carbons (Fsp3) is 0.0278. The van der Waals surface area contributed by atoms with Gasteiger partial charge in [0.2, 0.25) is 0 Å². The molecule has 0 bridgehead atoms. The number of carbonyl (C=O) groups excluding carboxylic acids is 3. The number of nitrogens with one attached hydrogen (secondary N) is 2. The van der Waals surface area contributed by atoms with E-state index < -0.39 is 11.8 Å². The Morgan fingerprint density at radius 1 is 0.683 bits per heavy atom. The maximum absolute atomic E-state index is 13.3. The summed E-state index contributed by atoms with van der Waals surface area (Å²) in [5.74, 6) is -1.02. The van der Waals surface area contributed by atoms with Gasteiger partial charge < -0.3 is 10.6 Å². The second-order valence-electron chi connectivity index (χ2n) is 9.59. The third kappa shape index (κ3) is 6.91. The van der Waals surface area contributed by atoms with Gasteiger partial charge in [0.1, 0.15) is 5.70 Å². The predicted molar refractivity (Wildman–Crippen MR) is 165 cm³/mol. The molecule has 0 fully saturated rings. The van der Waals surface area contributed by atoms with E-state index in [1.807, 2.05) is 85.8 Å². The van der Waals surface area contributed by atoms with E-state index in [2.05, 4.69) is 10.6 Å². The first-order valence-corrected chi connectivity index (χ1v) is 13.2. The molecule has 0 radical (unpaired) electrons. The Morgan fingerprint density at radius 2 is 1.39 bits per heavy atom. The zero-order chi connectivity index (χ0) is 28.6. The summed E-state index contributed by atoms with van der Waals surface area (Å²) >= 11 is 0. The number of aryl methyl sites for hydroxylation is 1. The van der Waals surface area contributed by atoms with Crippen LogP contribution in [-0.2, 0) is 4.79 Å². The lowest BCUT2D eigenvalue weighted by Gasteiger charge is -2.12. The summed E-state index contributed by atoms with van der Waals surface area (Å²) in [5.41, 5.74) is 4.30. The zero-order valence-corrected chi connectivity index (χ0v) is 22.5. The van der Waals surface area contributed by atoms with Gasteiger partial charge in [-0.15, -0.1) is 0 Å². The third-order valence-corrected chi connectivity index (χ3v) is 6.55. The van der Waals surface area contributed by atoms with E-state index in [0.717, 1.165) is 27.5 Å². The number of ketones is 1. The second kappa shape index (κ2) is 12.5. The highest BCUT2D eigenvalue weighted by molar-refractivity contribution is 6.11. The Hall–Kier alpha value is -5.55. The van der Waals surface area contributed by atoms with Crippen LogP contribution in [0.15, 0.2) is 133 Å². The number of hydrogen-bond donors (Lipinski definition) is 2. The first-order chi connectivity index (χ1) is 20.0. The molecule has 0 atom stereocenters. The predicted octanol–water partition coefficient (Wildman–Crippen LogP) is 7.45. The van der Waals surface area contributed by atoms with E-state index in [9.17, 15) is 14.4 Å². The maximum atomic E-state index is 13.3. The van der Waals surface area contributed by atoms with E-state index >= 15 is 0 Å². The summed E-state index contributed by atoms with van der Waals surface area (Å²) in [7, 11) is 0. The molecule has 5 aromatic rings. The number of amides is 2. The number of fused-ring (bicyclic) bond motifs is 1. The molecule has 0 saturated heterocycles. The van der Waals surface area contributed by atoms with Crippen molar-refractivity contribution in [2.45, 2.75) is 6.92 Å². The van der Waals surface area contributed by atoms with Crippen LogP contribution < -0.4 is 10.6 Å². The summed E-state index contributed by atoms with van der Waals surface area (Å²) in [6.45, 7) is 1.96. The maximum Gasteiger partial charge on any atom is 0.272 e. The molecule has 0 unspecified atom stereocenters.